The van der Waals surface area contributed by atoms with Crippen molar-refractivity contribution in [1.29, 1.82) is 0 Å². The summed E-state index contributed by atoms with van der Waals surface area (Å²) < 4.78 is 18.3. The Morgan fingerprint density at radius 2 is 2.12 bits per heavy atom. The number of ether oxygens (including phenoxy) is 1. The number of carbonyl (C=O) groups excluding carboxylic acids is 2. The minimum Gasteiger partial charge on any atom is -0.462 e. The van der Waals surface area contributed by atoms with E-state index in [4.69, 9.17) is 4.74 Å². The summed E-state index contributed by atoms with van der Waals surface area (Å²) in [5, 5.41) is 0.463. The van der Waals surface area contributed by atoms with Crippen molar-refractivity contribution in [3.63, 3.8) is 0 Å². The van der Waals surface area contributed by atoms with Crippen LogP contribution in [0.2, 0.25) is 0 Å². The highest BCUT2D eigenvalue weighted by Gasteiger charge is 2.21. The summed E-state index contributed by atoms with van der Waals surface area (Å²) in [7, 11) is 0. The van der Waals surface area contributed by atoms with E-state index < -0.39 is 11.8 Å². The lowest BCUT2D eigenvalue weighted by Crippen LogP contribution is -2.14. The minimum absolute atomic E-state index is 0.0721. The van der Waals surface area contributed by atoms with E-state index in [2.05, 4.69) is 15.9 Å². The Balaban J connectivity index is 3.17. The summed E-state index contributed by atoms with van der Waals surface area (Å²) in [6.07, 6.45) is 0.204. The monoisotopic (exact) mass is 302 g/mol. The van der Waals surface area contributed by atoms with Gasteiger partial charge in [-0.05, 0) is 13.0 Å². The van der Waals surface area contributed by atoms with Crippen molar-refractivity contribution in [3.8, 4) is 0 Å². The molecule has 0 saturated heterocycles. The molecule has 1 aromatic carbocycles. The summed E-state index contributed by atoms with van der Waals surface area (Å²) in [6, 6.07) is 3.97. The second-order valence-electron chi connectivity index (χ2n) is 3.25. The number of benzene rings is 1. The fourth-order valence-electron chi connectivity index (χ4n) is 1.39. The molecule has 0 aliphatic carbocycles. The van der Waals surface area contributed by atoms with E-state index in [1.807, 2.05) is 0 Å². The first kappa shape index (κ1) is 13.8. The van der Waals surface area contributed by atoms with Crippen molar-refractivity contribution >= 4 is 27.7 Å². The van der Waals surface area contributed by atoms with E-state index in [-0.39, 0.29) is 29.9 Å². The van der Waals surface area contributed by atoms with Gasteiger partial charge in [0.05, 0.1) is 6.61 Å². The van der Waals surface area contributed by atoms with Gasteiger partial charge in [-0.15, -0.1) is 0 Å². The Morgan fingerprint density at radius 3 is 2.71 bits per heavy atom. The number of hydrogen-bond donors (Lipinski definition) is 0. The summed E-state index contributed by atoms with van der Waals surface area (Å²) in [5.74, 6) is -1.82. The minimum atomic E-state index is -0.802. The molecule has 0 heterocycles. The van der Waals surface area contributed by atoms with E-state index in [0.29, 0.717) is 5.33 Å². The van der Waals surface area contributed by atoms with Gasteiger partial charge in [0.25, 0.3) is 0 Å². The summed E-state index contributed by atoms with van der Waals surface area (Å²) in [5.41, 5.74) is -0.205. The standard InChI is InChI=1S/C12H12BrFO3/c1-2-17-12(16)11-8(10(15)6-7-13)4-3-5-9(11)14/h3-5H,2,6-7H2,1H3. The first-order chi connectivity index (χ1) is 8.11. The van der Waals surface area contributed by atoms with Crippen molar-refractivity contribution in [2.45, 2.75) is 13.3 Å². The first-order valence-corrected chi connectivity index (χ1v) is 6.28. The summed E-state index contributed by atoms with van der Waals surface area (Å²) in [4.78, 5) is 23.3. The molecule has 0 fully saturated rings. The van der Waals surface area contributed by atoms with E-state index in [1.165, 1.54) is 12.1 Å². The Bertz CT molecular complexity index is 432. The predicted molar refractivity (Wildman–Crippen MR) is 65.1 cm³/mol. The number of halogens is 2. The molecule has 1 rings (SSSR count). The normalized spacial score (nSPS) is 10.1. The summed E-state index contributed by atoms with van der Waals surface area (Å²) in [6.45, 7) is 1.76. The number of hydrogen-bond acceptors (Lipinski definition) is 3. The lowest BCUT2D eigenvalue weighted by Gasteiger charge is -2.08. The number of rotatable bonds is 5. The fraction of sp³-hybridized carbons (Fsp3) is 0.333. The van der Waals surface area contributed by atoms with Gasteiger partial charge in [0.15, 0.2) is 5.78 Å². The average molecular weight is 303 g/mol. The zero-order valence-corrected chi connectivity index (χ0v) is 10.9. The molecular formula is C12H12BrFO3. The maximum Gasteiger partial charge on any atom is 0.341 e. The molecule has 0 unspecified atom stereocenters. The molecule has 0 N–H and O–H groups in total. The Kier molecular flexibility index (Phi) is 5.28. The second-order valence-corrected chi connectivity index (χ2v) is 4.04. The van der Waals surface area contributed by atoms with Gasteiger partial charge >= 0.3 is 5.97 Å². The van der Waals surface area contributed by atoms with Gasteiger partial charge in [0.2, 0.25) is 0 Å². The van der Waals surface area contributed by atoms with E-state index in [0.717, 1.165) is 6.07 Å². The lowest BCUT2D eigenvalue weighted by molar-refractivity contribution is 0.0517. The molecule has 0 aliphatic rings. The highest BCUT2D eigenvalue weighted by Crippen LogP contribution is 2.17. The van der Waals surface area contributed by atoms with E-state index >= 15 is 0 Å². The maximum absolute atomic E-state index is 13.6. The Labute approximate surface area is 107 Å². The van der Waals surface area contributed by atoms with Crippen LogP contribution in [-0.4, -0.2) is 23.7 Å². The number of esters is 1. The third-order valence-electron chi connectivity index (χ3n) is 2.12. The van der Waals surface area contributed by atoms with Crippen LogP contribution < -0.4 is 0 Å². The number of alkyl halides is 1. The number of ketones is 1. The van der Waals surface area contributed by atoms with E-state index in [1.54, 1.807) is 6.92 Å². The van der Waals surface area contributed by atoms with Crippen molar-refractivity contribution in [2.24, 2.45) is 0 Å². The molecular weight excluding hydrogens is 291 g/mol. The van der Waals surface area contributed by atoms with Gasteiger partial charge in [-0.25, -0.2) is 9.18 Å². The molecule has 5 heteroatoms. The molecule has 0 amide bonds. The zero-order chi connectivity index (χ0) is 12.8. The van der Waals surface area contributed by atoms with Crippen LogP contribution in [0.5, 0.6) is 0 Å². The molecule has 0 bridgehead atoms. The molecule has 3 nitrogen and oxygen atoms in total. The quantitative estimate of drug-likeness (QED) is 0.477. The van der Waals surface area contributed by atoms with Gasteiger partial charge in [0.1, 0.15) is 11.4 Å². The zero-order valence-electron chi connectivity index (χ0n) is 9.33. The largest absolute Gasteiger partial charge is 0.462 e. The smallest absolute Gasteiger partial charge is 0.341 e. The fourth-order valence-corrected chi connectivity index (χ4v) is 1.75. The van der Waals surface area contributed by atoms with Gasteiger partial charge in [-0.1, -0.05) is 28.1 Å². The van der Waals surface area contributed by atoms with Crippen molar-refractivity contribution in [1.82, 2.24) is 0 Å². The highest BCUT2D eigenvalue weighted by atomic mass is 79.9. The van der Waals surface area contributed by atoms with Crippen LogP contribution in [0.15, 0.2) is 18.2 Å². The van der Waals surface area contributed by atoms with Crippen LogP contribution in [-0.2, 0) is 4.74 Å². The van der Waals surface area contributed by atoms with Crippen molar-refractivity contribution < 1.29 is 18.7 Å². The van der Waals surface area contributed by atoms with Gasteiger partial charge in [-0.2, -0.15) is 0 Å². The van der Waals surface area contributed by atoms with Crippen LogP contribution in [0, 0.1) is 5.82 Å². The predicted octanol–water partition coefficient (Wildman–Crippen LogP) is 2.97. The van der Waals surface area contributed by atoms with Crippen LogP contribution in [0.4, 0.5) is 4.39 Å². The third kappa shape index (κ3) is 3.36. The highest BCUT2D eigenvalue weighted by molar-refractivity contribution is 9.09. The average Bonchev–Trinajstić information content (AvgIpc) is 2.29. The lowest BCUT2D eigenvalue weighted by atomic mass is 10.0. The molecule has 92 valence electrons. The summed E-state index contributed by atoms with van der Waals surface area (Å²) >= 11 is 3.13. The van der Waals surface area contributed by atoms with Gasteiger partial charge in [0, 0.05) is 17.3 Å². The second kappa shape index (κ2) is 6.49. The molecule has 0 aliphatic heterocycles. The molecule has 0 atom stereocenters. The topological polar surface area (TPSA) is 43.4 Å². The van der Waals surface area contributed by atoms with Crippen LogP contribution in [0.3, 0.4) is 0 Å². The molecule has 0 aromatic heterocycles. The molecule has 0 saturated carbocycles. The molecule has 17 heavy (non-hydrogen) atoms. The third-order valence-corrected chi connectivity index (χ3v) is 2.51. The maximum atomic E-state index is 13.6. The first-order valence-electron chi connectivity index (χ1n) is 5.16. The van der Waals surface area contributed by atoms with Crippen LogP contribution in [0.1, 0.15) is 34.1 Å². The van der Waals surface area contributed by atoms with Crippen LogP contribution >= 0.6 is 15.9 Å². The van der Waals surface area contributed by atoms with E-state index in [9.17, 15) is 14.0 Å². The Hall–Kier alpha value is -1.23. The van der Waals surface area contributed by atoms with Crippen molar-refractivity contribution in [2.75, 3.05) is 11.9 Å². The Morgan fingerprint density at radius 1 is 1.41 bits per heavy atom. The molecule has 0 radical (unpaired) electrons. The SMILES string of the molecule is CCOC(=O)c1c(F)cccc1C(=O)CCBr. The number of carbonyl (C=O) groups is 2. The van der Waals surface area contributed by atoms with Crippen molar-refractivity contribution in [3.05, 3.63) is 35.1 Å². The molecule has 0 spiro atoms. The number of Topliss-reactive ketones (excluding diaryl/α,β-unsaturated/α-hetero) is 1. The van der Waals surface area contributed by atoms with Gasteiger partial charge in [-0.3, -0.25) is 4.79 Å². The van der Waals surface area contributed by atoms with Gasteiger partial charge < -0.3 is 4.74 Å². The van der Waals surface area contributed by atoms with Crippen LogP contribution in [0.25, 0.3) is 0 Å². The molecule has 1 aromatic rings.